The summed E-state index contributed by atoms with van der Waals surface area (Å²) in [7, 11) is 1.50. The second kappa shape index (κ2) is 13.6. The molecule has 1 aromatic heterocycles. The van der Waals surface area contributed by atoms with Crippen LogP contribution in [0.2, 0.25) is 0 Å². The zero-order valence-electron chi connectivity index (χ0n) is 25.0. The van der Waals surface area contributed by atoms with Gasteiger partial charge >= 0.3 is 0 Å². The van der Waals surface area contributed by atoms with E-state index in [2.05, 4.69) is 26.2 Å². The van der Waals surface area contributed by atoms with Gasteiger partial charge in [0.1, 0.15) is 24.0 Å². The summed E-state index contributed by atoms with van der Waals surface area (Å²) in [5.74, 6) is -0.327. The van der Waals surface area contributed by atoms with E-state index in [1.54, 1.807) is 47.4 Å². The topological polar surface area (TPSA) is 150 Å². The van der Waals surface area contributed by atoms with Crippen molar-refractivity contribution in [2.75, 3.05) is 26.8 Å². The molecule has 0 unspecified atom stereocenters. The van der Waals surface area contributed by atoms with Crippen LogP contribution >= 0.6 is 0 Å². The Morgan fingerprint density at radius 1 is 1.02 bits per heavy atom. The summed E-state index contributed by atoms with van der Waals surface area (Å²) < 4.78 is 33.6. The van der Waals surface area contributed by atoms with Crippen molar-refractivity contribution in [2.45, 2.75) is 38.0 Å². The van der Waals surface area contributed by atoms with Crippen molar-refractivity contribution in [3.63, 3.8) is 0 Å². The van der Waals surface area contributed by atoms with Crippen molar-refractivity contribution in [1.29, 1.82) is 0 Å². The lowest BCUT2D eigenvalue weighted by atomic mass is 10.00. The SMILES string of the molecule is COc1ccc2cc1OCC(=O)N[C@@H]1CN(C(=O)c3ccc(-n4cnnn4)cc3)CC[C@H]1Oc1cc(F)cc(c1)CNC(=O)CC2. The smallest absolute Gasteiger partial charge is 0.258 e. The maximum absolute atomic E-state index is 14.6. The molecule has 14 heteroatoms. The molecule has 0 radical (unpaired) electrons. The Kier molecular flexibility index (Phi) is 9.03. The molecule has 3 amide bonds. The Balaban J connectivity index is 1.24. The maximum atomic E-state index is 14.6. The average molecular weight is 630 g/mol. The molecule has 13 nitrogen and oxygen atoms in total. The number of nitrogens with zero attached hydrogens (tertiary/aromatic N) is 5. The number of halogens is 1. The van der Waals surface area contributed by atoms with Crippen LogP contribution in [0.1, 0.15) is 34.3 Å². The Morgan fingerprint density at radius 3 is 2.65 bits per heavy atom. The van der Waals surface area contributed by atoms with E-state index in [0.717, 1.165) is 5.56 Å². The molecular formula is C32H32FN7O6. The summed E-state index contributed by atoms with van der Waals surface area (Å²) in [6.45, 7) is 0.258. The summed E-state index contributed by atoms with van der Waals surface area (Å²) in [5.41, 5.74) is 2.50. The normalized spacial score (nSPS) is 18.9. The van der Waals surface area contributed by atoms with E-state index >= 15 is 0 Å². The highest BCUT2D eigenvalue weighted by molar-refractivity contribution is 5.94. The summed E-state index contributed by atoms with van der Waals surface area (Å²) in [5, 5.41) is 16.9. The molecular weight excluding hydrogens is 597 g/mol. The molecule has 0 spiro atoms. The molecule has 46 heavy (non-hydrogen) atoms. The number of hydrogen-bond acceptors (Lipinski definition) is 9. The molecule has 2 atom stereocenters. The molecule has 6 rings (SSSR count). The lowest BCUT2D eigenvalue weighted by Crippen LogP contribution is -2.58. The third-order valence-electron chi connectivity index (χ3n) is 7.85. The van der Waals surface area contributed by atoms with Gasteiger partial charge in [-0.25, -0.2) is 9.07 Å². The molecule has 0 aliphatic carbocycles. The van der Waals surface area contributed by atoms with Gasteiger partial charge in [-0.05, 0) is 76.5 Å². The van der Waals surface area contributed by atoms with Crippen LogP contribution in [0, 0.1) is 5.82 Å². The number of aromatic nitrogens is 4. The van der Waals surface area contributed by atoms with Crippen LogP contribution in [0.25, 0.3) is 5.69 Å². The average Bonchev–Trinajstić information content (AvgIpc) is 3.61. The monoisotopic (exact) mass is 629 g/mol. The van der Waals surface area contributed by atoms with Crippen LogP contribution in [0.15, 0.2) is 67.0 Å². The number of likely N-dealkylation sites (tertiary alicyclic amines) is 1. The minimum absolute atomic E-state index is 0.114. The lowest BCUT2D eigenvalue weighted by molar-refractivity contribution is -0.125. The van der Waals surface area contributed by atoms with Gasteiger partial charge in [0.15, 0.2) is 18.1 Å². The number of benzene rings is 3. The molecule has 3 aromatic carbocycles. The Hall–Kier alpha value is -5.53. The number of ether oxygens (including phenoxy) is 3. The van der Waals surface area contributed by atoms with Crippen LogP contribution in [0.5, 0.6) is 17.2 Å². The highest BCUT2D eigenvalue weighted by Crippen LogP contribution is 2.29. The van der Waals surface area contributed by atoms with Gasteiger partial charge in [0.25, 0.3) is 11.8 Å². The molecule has 2 aliphatic rings. The van der Waals surface area contributed by atoms with Gasteiger partial charge in [0.05, 0.1) is 18.8 Å². The van der Waals surface area contributed by atoms with Crippen molar-refractivity contribution in [3.8, 4) is 22.9 Å². The summed E-state index contributed by atoms with van der Waals surface area (Å²) in [6, 6.07) is 15.7. The number of rotatable bonds is 3. The van der Waals surface area contributed by atoms with E-state index < -0.39 is 23.9 Å². The van der Waals surface area contributed by atoms with E-state index in [4.69, 9.17) is 14.2 Å². The van der Waals surface area contributed by atoms with Gasteiger partial charge in [-0.2, -0.15) is 0 Å². The second-order valence-electron chi connectivity index (χ2n) is 11.0. The number of piperidine rings is 1. The molecule has 238 valence electrons. The number of carbonyl (C=O) groups excluding carboxylic acids is 3. The first kappa shape index (κ1) is 30.5. The number of methoxy groups -OCH3 is 1. The molecule has 1 fully saturated rings. The van der Waals surface area contributed by atoms with E-state index in [1.807, 2.05) is 6.07 Å². The predicted octanol–water partition coefficient (Wildman–Crippen LogP) is 2.23. The number of nitrogens with one attached hydrogen (secondary N) is 2. The van der Waals surface area contributed by atoms with E-state index in [0.29, 0.717) is 47.7 Å². The molecule has 2 aliphatic heterocycles. The van der Waals surface area contributed by atoms with Crippen LogP contribution in [-0.4, -0.2) is 81.8 Å². The highest BCUT2D eigenvalue weighted by atomic mass is 19.1. The summed E-state index contributed by atoms with van der Waals surface area (Å²) >= 11 is 0. The third kappa shape index (κ3) is 7.22. The van der Waals surface area contributed by atoms with Crippen LogP contribution in [-0.2, 0) is 22.6 Å². The zero-order valence-corrected chi connectivity index (χ0v) is 25.0. The Morgan fingerprint density at radius 2 is 1.87 bits per heavy atom. The van der Waals surface area contributed by atoms with Crippen LogP contribution in [0.4, 0.5) is 4.39 Å². The number of aryl methyl sites for hydroxylation is 1. The first-order valence-electron chi connectivity index (χ1n) is 14.8. The molecule has 4 bridgehead atoms. The Bertz CT molecular complexity index is 1720. The summed E-state index contributed by atoms with van der Waals surface area (Å²) in [4.78, 5) is 41.0. The molecule has 0 saturated carbocycles. The third-order valence-corrected chi connectivity index (χ3v) is 7.85. The second-order valence-corrected chi connectivity index (χ2v) is 11.0. The van der Waals surface area contributed by atoms with Crippen molar-refractivity contribution >= 4 is 17.7 Å². The predicted molar refractivity (Wildman–Crippen MR) is 161 cm³/mol. The van der Waals surface area contributed by atoms with Crippen LogP contribution < -0.4 is 24.8 Å². The quantitative estimate of drug-likeness (QED) is 0.348. The van der Waals surface area contributed by atoms with Gasteiger partial charge in [-0.15, -0.1) is 5.10 Å². The van der Waals surface area contributed by atoms with E-state index in [1.165, 1.54) is 30.3 Å². The minimum atomic E-state index is -0.646. The van der Waals surface area contributed by atoms with E-state index in [-0.39, 0.29) is 43.7 Å². The number of amides is 3. The van der Waals surface area contributed by atoms with Crippen molar-refractivity contribution in [1.82, 2.24) is 35.7 Å². The highest BCUT2D eigenvalue weighted by Gasteiger charge is 2.35. The minimum Gasteiger partial charge on any atom is -0.493 e. The summed E-state index contributed by atoms with van der Waals surface area (Å²) in [6.07, 6.45) is 1.85. The van der Waals surface area contributed by atoms with Gasteiger partial charge < -0.3 is 29.7 Å². The fraction of sp³-hybridized carbons (Fsp3) is 0.312. The van der Waals surface area contributed by atoms with Gasteiger partial charge in [-0.1, -0.05) is 6.07 Å². The van der Waals surface area contributed by atoms with E-state index in [9.17, 15) is 18.8 Å². The Labute approximate surface area is 263 Å². The molecule has 3 heterocycles. The van der Waals surface area contributed by atoms with Crippen molar-refractivity contribution in [2.24, 2.45) is 0 Å². The van der Waals surface area contributed by atoms with Crippen LogP contribution in [0.3, 0.4) is 0 Å². The van der Waals surface area contributed by atoms with Crippen molar-refractivity contribution < 1.29 is 33.0 Å². The number of tetrazole rings is 1. The number of fused-ring (bicyclic) bond motifs is 5. The molecule has 1 saturated heterocycles. The number of carbonyl (C=O) groups is 3. The van der Waals surface area contributed by atoms with Gasteiger partial charge in [-0.3, -0.25) is 14.4 Å². The fourth-order valence-electron chi connectivity index (χ4n) is 5.51. The van der Waals surface area contributed by atoms with Gasteiger partial charge in [0, 0.05) is 44.1 Å². The van der Waals surface area contributed by atoms with Crippen molar-refractivity contribution in [3.05, 3.63) is 89.5 Å². The van der Waals surface area contributed by atoms with Gasteiger partial charge in [0.2, 0.25) is 5.91 Å². The number of hydrogen-bond donors (Lipinski definition) is 2. The molecule has 2 N–H and O–H groups in total. The first-order chi connectivity index (χ1) is 22.3. The standard InChI is InChI=1S/C32H32FN7O6/c1-44-28-8-2-20-3-9-30(41)34-16-21-12-23(33)15-25(13-21)46-27-10-11-39(17-26(27)36-31(42)18-45-29(28)14-20)32(43)22-4-6-24(7-5-22)40-19-35-37-38-40/h2,4-8,12-15,19,26-27H,3,9-11,16-18H2,1H3,(H,34,41)(H,36,42)/t26-,27-/m1/s1. The fourth-order valence-corrected chi connectivity index (χ4v) is 5.51. The first-order valence-corrected chi connectivity index (χ1v) is 14.8. The lowest BCUT2D eigenvalue weighted by Gasteiger charge is -2.39. The molecule has 4 aromatic rings. The maximum Gasteiger partial charge on any atom is 0.258 e. The largest absolute Gasteiger partial charge is 0.493 e. The zero-order chi connectivity index (χ0) is 32.0.